The minimum atomic E-state index is -0.129. The van der Waals surface area contributed by atoms with Crippen LogP contribution in [0.4, 0.5) is 0 Å². The summed E-state index contributed by atoms with van der Waals surface area (Å²) in [5.41, 5.74) is 6.73. The van der Waals surface area contributed by atoms with Gasteiger partial charge in [0.05, 0.1) is 16.6 Å². The Labute approximate surface area is 192 Å². The largest absolute Gasteiger partial charge is 0.328 e. The van der Waals surface area contributed by atoms with Crippen molar-refractivity contribution in [1.29, 1.82) is 0 Å². The highest BCUT2D eigenvalue weighted by molar-refractivity contribution is 5.91. The molecule has 0 spiro atoms. The van der Waals surface area contributed by atoms with E-state index in [1.807, 2.05) is 66.9 Å². The van der Waals surface area contributed by atoms with Gasteiger partial charge in [0.2, 0.25) is 0 Å². The lowest BCUT2D eigenvalue weighted by molar-refractivity contribution is 0.680. The Hall–Kier alpha value is -4.09. The molecule has 5 aromatic rings. The van der Waals surface area contributed by atoms with E-state index < -0.39 is 0 Å². The Bertz CT molecular complexity index is 1410. The van der Waals surface area contributed by atoms with Gasteiger partial charge in [-0.1, -0.05) is 60.7 Å². The van der Waals surface area contributed by atoms with Crippen molar-refractivity contribution < 1.29 is 0 Å². The van der Waals surface area contributed by atoms with Crippen LogP contribution >= 0.6 is 0 Å². The molecule has 0 unspecified atom stereocenters. The van der Waals surface area contributed by atoms with Crippen LogP contribution in [0.3, 0.4) is 0 Å². The molecule has 3 heterocycles. The van der Waals surface area contributed by atoms with Crippen molar-refractivity contribution in [1.82, 2.24) is 20.3 Å². The second-order valence-corrected chi connectivity index (χ2v) is 7.93. The first-order valence-electron chi connectivity index (χ1n) is 11.1. The normalized spacial score (nSPS) is 11.0. The molecule has 162 valence electrons. The van der Waals surface area contributed by atoms with Crippen molar-refractivity contribution in [2.75, 3.05) is 6.54 Å². The maximum Gasteiger partial charge on any atom is 0.257 e. The number of nitrogens with one attached hydrogen (secondary N) is 2. The first-order valence-corrected chi connectivity index (χ1v) is 11.1. The summed E-state index contributed by atoms with van der Waals surface area (Å²) < 4.78 is 0. The predicted molar refractivity (Wildman–Crippen MR) is 133 cm³/mol. The molecular formula is C28H24N4O. The van der Waals surface area contributed by atoms with Crippen LogP contribution in [0.1, 0.15) is 11.3 Å². The van der Waals surface area contributed by atoms with Gasteiger partial charge in [-0.05, 0) is 35.4 Å². The van der Waals surface area contributed by atoms with Crippen LogP contribution in [0.25, 0.3) is 33.3 Å². The van der Waals surface area contributed by atoms with Crippen LogP contribution in [-0.4, -0.2) is 21.5 Å². The summed E-state index contributed by atoms with van der Waals surface area (Å²) in [5, 5.41) is 4.07. The van der Waals surface area contributed by atoms with Gasteiger partial charge < -0.3 is 10.3 Å². The molecule has 5 nitrogen and oxygen atoms in total. The highest BCUT2D eigenvalue weighted by Gasteiger charge is 2.13. The molecular weight excluding hydrogens is 408 g/mol. The van der Waals surface area contributed by atoms with Gasteiger partial charge in [0.1, 0.15) is 0 Å². The Balaban J connectivity index is 1.40. The average molecular weight is 433 g/mol. The van der Waals surface area contributed by atoms with Gasteiger partial charge in [-0.3, -0.25) is 9.78 Å². The minimum Gasteiger partial charge on any atom is -0.328 e. The molecule has 5 heteroatoms. The number of hydrogen-bond acceptors (Lipinski definition) is 4. The minimum absolute atomic E-state index is 0.129. The van der Waals surface area contributed by atoms with Crippen LogP contribution in [0.15, 0.2) is 102 Å². The topological polar surface area (TPSA) is 70.7 Å². The highest BCUT2D eigenvalue weighted by Crippen LogP contribution is 2.32. The van der Waals surface area contributed by atoms with E-state index in [4.69, 9.17) is 4.98 Å². The van der Waals surface area contributed by atoms with Gasteiger partial charge in [0, 0.05) is 48.7 Å². The Morgan fingerprint density at radius 2 is 1.67 bits per heavy atom. The van der Waals surface area contributed by atoms with Crippen LogP contribution < -0.4 is 10.9 Å². The van der Waals surface area contributed by atoms with Gasteiger partial charge in [-0.25, -0.2) is 4.98 Å². The number of H-pyrrole nitrogens is 1. The number of aromatic nitrogens is 3. The van der Waals surface area contributed by atoms with Gasteiger partial charge >= 0.3 is 0 Å². The van der Waals surface area contributed by atoms with Crippen LogP contribution in [0.2, 0.25) is 0 Å². The fourth-order valence-corrected chi connectivity index (χ4v) is 3.94. The molecule has 0 atom stereocenters. The standard InChI is InChI=1S/C28H24N4O/c33-28-25-18-24(21-6-2-1-3-7-21)27(32-26(25)14-17-31-28)22-11-9-20(10-12-22)19-29-16-13-23-8-4-5-15-30-23/h1-12,14-15,17-18,29H,13,16,19H2,(H,31,33). The Kier molecular flexibility index (Phi) is 6.04. The molecule has 0 radical (unpaired) electrons. The van der Waals surface area contributed by atoms with E-state index in [1.165, 1.54) is 5.56 Å². The van der Waals surface area contributed by atoms with E-state index in [9.17, 15) is 4.79 Å². The van der Waals surface area contributed by atoms with Crippen molar-refractivity contribution in [2.45, 2.75) is 13.0 Å². The molecule has 0 aliphatic carbocycles. The molecule has 0 aliphatic rings. The number of fused-ring (bicyclic) bond motifs is 1. The zero-order valence-electron chi connectivity index (χ0n) is 18.2. The average Bonchev–Trinajstić information content (AvgIpc) is 2.88. The van der Waals surface area contributed by atoms with Crippen LogP contribution in [0.5, 0.6) is 0 Å². The smallest absolute Gasteiger partial charge is 0.257 e. The van der Waals surface area contributed by atoms with E-state index in [2.05, 4.69) is 39.6 Å². The zero-order chi connectivity index (χ0) is 22.5. The summed E-state index contributed by atoms with van der Waals surface area (Å²) in [4.78, 5) is 24.4. The molecule has 2 N–H and O–H groups in total. The molecule has 5 rings (SSSR count). The third kappa shape index (κ3) is 4.73. The van der Waals surface area contributed by atoms with Gasteiger partial charge in [0.25, 0.3) is 5.56 Å². The maximum atomic E-state index is 12.4. The van der Waals surface area contributed by atoms with Crippen molar-refractivity contribution in [3.63, 3.8) is 0 Å². The zero-order valence-corrected chi connectivity index (χ0v) is 18.2. The summed E-state index contributed by atoms with van der Waals surface area (Å²) in [5.74, 6) is 0. The number of aromatic amines is 1. The summed E-state index contributed by atoms with van der Waals surface area (Å²) in [7, 11) is 0. The molecule has 0 saturated carbocycles. The fraction of sp³-hybridized carbons (Fsp3) is 0.107. The Morgan fingerprint density at radius 1 is 0.848 bits per heavy atom. The maximum absolute atomic E-state index is 12.4. The second-order valence-electron chi connectivity index (χ2n) is 7.93. The molecule has 2 aromatic carbocycles. The van der Waals surface area contributed by atoms with E-state index in [-0.39, 0.29) is 5.56 Å². The summed E-state index contributed by atoms with van der Waals surface area (Å²) in [6, 6.07) is 28.3. The molecule has 0 bridgehead atoms. The summed E-state index contributed by atoms with van der Waals surface area (Å²) >= 11 is 0. The summed E-state index contributed by atoms with van der Waals surface area (Å²) in [6.07, 6.45) is 4.37. The lowest BCUT2D eigenvalue weighted by Gasteiger charge is -2.12. The molecule has 0 aliphatic heterocycles. The molecule has 0 saturated heterocycles. The first-order chi connectivity index (χ1) is 16.3. The molecule has 33 heavy (non-hydrogen) atoms. The Morgan fingerprint density at radius 3 is 2.45 bits per heavy atom. The molecule has 0 amide bonds. The monoisotopic (exact) mass is 432 g/mol. The number of nitrogens with zero attached hydrogens (tertiary/aromatic N) is 2. The number of rotatable bonds is 7. The molecule has 3 aromatic heterocycles. The lowest BCUT2D eigenvalue weighted by atomic mass is 9.97. The first kappa shape index (κ1) is 20.8. The number of pyridine rings is 3. The van der Waals surface area contributed by atoms with E-state index in [1.54, 1.807) is 6.20 Å². The predicted octanol–water partition coefficient (Wildman–Crippen LogP) is 4.98. The fourth-order valence-electron chi connectivity index (χ4n) is 3.94. The SMILES string of the molecule is O=c1[nH]ccc2nc(-c3ccc(CNCCc4ccccn4)cc3)c(-c3ccccc3)cc12. The van der Waals surface area contributed by atoms with Gasteiger partial charge in [-0.2, -0.15) is 0 Å². The van der Waals surface area contributed by atoms with E-state index in [0.29, 0.717) is 10.9 Å². The number of hydrogen-bond donors (Lipinski definition) is 2. The van der Waals surface area contributed by atoms with Crippen molar-refractivity contribution in [3.05, 3.63) is 119 Å². The third-order valence-electron chi connectivity index (χ3n) is 5.68. The van der Waals surface area contributed by atoms with E-state index >= 15 is 0 Å². The molecule has 0 fully saturated rings. The van der Waals surface area contributed by atoms with Gasteiger partial charge in [-0.15, -0.1) is 0 Å². The van der Waals surface area contributed by atoms with Crippen molar-refractivity contribution >= 4 is 10.9 Å². The van der Waals surface area contributed by atoms with Crippen molar-refractivity contribution in [2.24, 2.45) is 0 Å². The lowest BCUT2D eigenvalue weighted by Crippen LogP contribution is -2.17. The van der Waals surface area contributed by atoms with Crippen LogP contribution in [0, 0.1) is 0 Å². The van der Waals surface area contributed by atoms with E-state index in [0.717, 1.165) is 47.6 Å². The highest BCUT2D eigenvalue weighted by atomic mass is 16.1. The summed E-state index contributed by atoms with van der Waals surface area (Å²) in [6.45, 7) is 1.66. The van der Waals surface area contributed by atoms with Gasteiger partial charge in [0.15, 0.2) is 0 Å². The quantitative estimate of drug-likeness (QED) is 0.356. The second kappa shape index (κ2) is 9.59. The number of benzene rings is 2. The van der Waals surface area contributed by atoms with Crippen LogP contribution in [-0.2, 0) is 13.0 Å². The third-order valence-corrected chi connectivity index (χ3v) is 5.68. The van der Waals surface area contributed by atoms with Crippen molar-refractivity contribution in [3.8, 4) is 22.4 Å².